The van der Waals surface area contributed by atoms with E-state index in [0.29, 0.717) is 30.5 Å². The summed E-state index contributed by atoms with van der Waals surface area (Å²) < 4.78 is 0. The van der Waals surface area contributed by atoms with E-state index in [-0.39, 0.29) is 0 Å². The van der Waals surface area contributed by atoms with Gasteiger partial charge in [-0.05, 0) is 50.3 Å². The van der Waals surface area contributed by atoms with E-state index in [9.17, 15) is 5.11 Å². The third-order valence-corrected chi connectivity index (χ3v) is 6.46. The topological polar surface area (TPSA) is 26.7 Å². The van der Waals surface area contributed by atoms with Crippen LogP contribution < -0.4 is 0 Å². The van der Waals surface area contributed by atoms with E-state index < -0.39 is 0 Å². The van der Waals surface area contributed by atoms with Crippen molar-refractivity contribution in [3.63, 3.8) is 0 Å². The van der Waals surface area contributed by atoms with Gasteiger partial charge in [0.05, 0.1) is 0 Å². The molecule has 2 aliphatic heterocycles. The second-order valence-electron chi connectivity index (χ2n) is 7.48. The van der Waals surface area contributed by atoms with Crippen molar-refractivity contribution in [2.75, 3.05) is 26.2 Å². The maximum atomic E-state index is 9.88. The Kier molecular flexibility index (Phi) is 3.97. The van der Waals surface area contributed by atoms with Gasteiger partial charge in [-0.25, -0.2) is 0 Å². The van der Waals surface area contributed by atoms with Crippen molar-refractivity contribution in [1.82, 2.24) is 9.80 Å². The highest BCUT2D eigenvalue weighted by Crippen LogP contribution is 2.52. The fraction of sp³-hybridized carbons (Fsp3) is 0.684. The van der Waals surface area contributed by atoms with E-state index >= 15 is 0 Å². The first-order valence-corrected chi connectivity index (χ1v) is 8.92. The van der Waals surface area contributed by atoms with Crippen molar-refractivity contribution < 1.29 is 5.11 Å². The van der Waals surface area contributed by atoms with Crippen LogP contribution in [0.1, 0.15) is 25.3 Å². The van der Waals surface area contributed by atoms with E-state index in [4.69, 9.17) is 0 Å². The van der Waals surface area contributed by atoms with Crippen LogP contribution in [-0.4, -0.2) is 53.2 Å². The van der Waals surface area contributed by atoms with Gasteiger partial charge in [0, 0.05) is 37.7 Å². The molecule has 3 fully saturated rings. The molecule has 0 radical (unpaired) electrons. The fourth-order valence-electron chi connectivity index (χ4n) is 5.34. The number of aliphatic hydroxyl groups is 1. The summed E-state index contributed by atoms with van der Waals surface area (Å²) in [5.41, 5.74) is 1.41. The molecule has 1 saturated carbocycles. The number of hydrogen-bond acceptors (Lipinski definition) is 3. The van der Waals surface area contributed by atoms with Gasteiger partial charge in [-0.1, -0.05) is 30.3 Å². The van der Waals surface area contributed by atoms with Gasteiger partial charge in [0.25, 0.3) is 0 Å². The molecule has 1 aromatic rings. The lowest BCUT2D eigenvalue weighted by Crippen LogP contribution is -2.61. The van der Waals surface area contributed by atoms with Crippen LogP contribution in [0.15, 0.2) is 30.3 Å². The van der Waals surface area contributed by atoms with E-state index in [1.54, 1.807) is 0 Å². The van der Waals surface area contributed by atoms with Crippen molar-refractivity contribution in [3.05, 3.63) is 35.9 Å². The number of fused-ring (bicyclic) bond motifs is 1. The molecule has 3 aliphatic rings. The average Bonchev–Trinajstić information content (AvgIpc) is 3.12. The fourth-order valence-corrected chi connectivity index (χ4v) is 5.34. The Hall–Kier alpha value is -0.900. The van der Waals surface area contributed by atoms with Crippen LogP contribution >= 0.6 is 0 Å². The largest absolute Gasteiger partial charge is 0.396 e. The number of rotatable bonds is 4. The minimum Gasteiger partial charge on any atom is -0.396 e. The number of nitrogens with zero attached hydrogens (tertiary/aromatic N) is 2. The lowest BCUT2D eigenvalue weighted by atomic mass is 9.60. The van der Waals surface area contributed by atoms with Crippen LogP contribution in [0.3, 0.4) is 0 Å². The molecule has 1 aromatic carbocycles. The quantitative estimate of drug-likeness (QED) is 0.923. The molecule has 3 nitrogen and oxygen atoms in total. The Labute approximate surface area is 133 Å². The molecular formula is C19H28N2O. The van der Waals surface area contributed by atoms with Crippen LogP contribution in [0.5, 0.6) is 0 Å². The normalized spacial score (nSPS) is 38.9. The standard InChI is InChI=1S/C19H28N2O/c1-14-18-16(12-21(14)11-15-7-3-2-4-8-15)17(13-22)19(18)20-9-5-6-10-20/h2-4,7-8,14,16-19,22H,5-6,9-13H2,1H3/t14-,16-,17+,18-,19-/m0/s1. The third kappa shape index (κ3) is 2.31. The molecule has 4 rings (SSSR count). The minimum atomic E-state index is 0.369. The molecule has 1 aliphatic carbocycles. The number of likely N-dealkylation sites (tertiary alicyclic amines) is 2. The summed E-state index contributed by atoms with van der Waals surface area (Å²) in [5.74, 6) is 1.97. The van der Waals surface area contributed by atoms with Crippen molar-refractivity contribution in [3.8, 4) is 0 Å². The number of benzene rings is 1. The molecule has 2 saturated heterocycles. The second kappa shape index (κ2) is 5.95. The van der Waals surface area contributed by atoms with Gasteiger partial charge in [0.1, 0.15) is 0 Å². The van der Waals surface area contributed by atoms with Gasteiger partial charge in [-0.2, -0.15) is 0 Å². The maximum Gasteiger partial charge on any atom is 0.0477 e. The average molecular weight is 300 g/mol. The third-order valence-electron chi connectivity index (χ3n) is 6.46. The predicted octanol–water partition coefficient (Wildman–Crippen LogP) is 2.21. The highest BCUT2D eigenvalue weighted by molar-refractivity contribution is 5.17. The predicted molar refractivity (Wildman–Crippen MR) is 88.5 cm³/mol. The number of aliphatic hydroxyl groups excluding tert-OH is 1. The molecule has 2 heterocycles. The van der Waals surface area contributed by atoms with Crippen LogP contribution in [0.2, 0.25) is 0 Å². The monoisotopic (exact) mass is 300 g/mol. The molecule has 0 unspecified atom stereocenters. The van der Waals surface area contributed by atoms with Gasteiger partial charge >= 0.3 is 0 Å². The van der Waals surface area contributed by atoms with Gasteiger partial charge < -0.3 is 5.11 Å². The summed E-state index contributed by atoms with van der Waals surface area (Å²) >= 11 is 0. The first-order valence-electron chi connectivity index (χ1n) is 8.92. The zero-order valence-corrected chi connectivity index (χ0v) is 13.6. The molecule has 0 spiro atoms. The lowest BCUT2D eigenvalue weighted by molar-refractivity contribution is -0.0631. The number of hydrogen-bond donors (Lipinski definition) is 1. The van der Waals surface area contributed by atoms with Crippen LogP contribution in [0.4, 0.5) is 0 Å². The second-order valence-corrected chi connectivity index (χ2v) is 7.48. The van der Waals surface area contributed by atoms with E-state index in [1.165, 1.54) is 31.5 Å². The highest BCUT2D eigenvalue weighted by Gasteiger charge is 2.59. The Morgan fingerprint density at radius 1 is 1.14 bits per heavy atom. The molecule has 120 valence electrons. The first kappa shape index (κ1) is 14.7. The van der Waals surface area contributed by atoms with Crippen molar-refractivity contribution in [2.24, 2.45) is 17.8 Å². The Morgan fingerprint density at radius 2 is 1.86 bits per heavy atom. The van der Waals surface area contributed by atoms with E-state index in [0.717, 1.165) is 19.0 Å². The molecule has 0 amide bonds. The van der Waals surface area contributed by atoms with Gasteiger partial charge in [-0.3, -0.25) is 9.80 Å². The summed E-state index contributed by atoms with van der Waals surface area (Å²) in [6.07, 6.45) is 2.68. The minimum absolute atomic E-state index is 0.369. The van der Waals surface area contributed by atoms with Crippen molar-refractivity contribution in [2.45, 2.75) is 38.4 Å². The molecule has 3 heteroatoms. The van der Waals surface area contributed by atoms with E-state index in [2.05, 4.69) is 47.1 Å². The van der Waals surface area contributed by atoms with Gasteiger partial charge in [0.15, 0.2) is 0 Å². The summed E-state index contributed by atoms with van der Waals surface area (Å²) in [6, 6.07) is 12.1. The smallest absolute Gasteiger partial charge is 0.0477 e. The molecule has 0 bridgehead atoms. The SMILES string of the molecule is C[C@H]1[C@H]2[C@@H](CN1Cc1ccccc1)[C@@H](CO)[C@@H]2N1CCCC1. The molecule has 22 heavy (non-hydrogen) atoms. The summed E-state index contributed by atoms with van der Waals surface area (Å²) in [4.78, 5) is 5.31. The molecule has 5 atom stereocenters. The van der Waals surface area contributed by atoms with Crippen molar-refractivity contribution >= 4 is 0 Å². The Morgan fingerprint density at radius 3 is 2.55 bits per heavy atom. The molecule has 1 N–H and O–H groups in total. The first-order chi connectivity index (χ1) is 10.8. The van der Waals surface area contributed by atoms with Gasteiger partial charge in [-0.15, -0.1) is 0 Å². The van der Waals surface area contributed by atoms with E-state index in [1.807, 2.05) is 0 Å². The Bertz CT molecular complexity index is 499. The zero-order chi connectivity index (χ0) is 15.1. The van der Waals surface area contributed by atoms with Crippen LogP contribution in [-0.2, 0) is 6.54 Å². The van der Waals surface area contributed by atoms with Crippen LogP contribution in [0.25, 0.3) is 0 Å². The maximum absolute atomic E-state index is 9.88. The van der Waals surface area contributed by atoms with Crippen LogP contribution in [0, 0.1) is 17.8 Å². The highest BCUT2D eigenvalue weighted by atomic mass is 16.3. The molecular weight excluding hydrogens is 272 g/mol. The van der Waals surface area contributed by atoms with Gasteiger partial charge in [0.2, 0.25) is 0 Å². The molecule has 0 aromatic heterocycles. The Balaban J connectivity index is 1.48. The van der Waals surface area contributed by atoms with Crippen molar-refractivity contribution in [1.29, 1.82) is 0 Å². The lowest BCUT2D eigenvalue weighted by Gasteiger charge is -2.53. The zero-order valence-electron chi connectivity index (χ0n) is 13.6. The summed E-state index contributed by atoms with van der Waals surface area (Å²) in [7, 11) is 0. The summed E-state index contributed by atoms with van der Waals surface area (Å²) in [6.45, 7) is 7.49. The summed E-state index contributed by atoms with van der Waals surface area (Å²) in [5, 5.41) is 9.88.